The van der Waals surface area contributed by atoms with Crippen LogP contribution in [0.4, 0.5) is 8.78 Å². The summed E-state index contributed by atoms with van der Waals surface area (Å²) in [6, 6.07) is 21.7. The summed E-state index contributed by atoms with van der Waals surface area (Å²) < 4.78 is 33.5. The lowest BCUT2D eigenvalue weighted by atomic mass is 9.75. The summed E-state index contributed by atoms with van der Waals surface area (Å²) >= 11 is 0. The molecule has 0 spiro atoms. The van der Waals surface area contributed by atoms with E-state index in [9.17, 15) is 8.78 Å². The minimum absolute atomic E-state index is 0.231. The van der Waals surface area contributed by atoms with E-state index in [-0.39, 0.29) is 12.4 Å². The molecular weight excluding hydrogens is 402 g/mol. The minimum atomic E-state index is -0.658. The molecular formula is C29H32F2O. The maximum atomic E-state index is 14.2. The van der Waals surface area contributed by atoms with Gasteiger partial charge >= 0.3 is 0 Å². The van der Waals surface area contributed by atoms with Gasteiger partial charge in [-0.2, -0.15) is 0 Å². The van der Waals surface area contributed by atoms with E-state index < -0.39 is 11.6 Å². The number of rotatable bonds is 7. The van der Waals surface area contributed by atoms with Crippen molar-refractivity contribution in [2.24, 2.45) is 5.92 Å². The average Bonchev–Trinajstić information content (AvgIpc) is 2.82. The van der Waals surface area contributed by atoms with E-state index in [1.165, 1.54) is 55.4 Å². The van der Waals surface area contributed by atoms with Crippen LogP contribution in [-0.4, -0.2) is 6.61 Å². The minimum Gasteiger partial charge on any atom is -0.488 e. The number of benzene rings is 3. The Kier molecular flexibility index (Phi) is 7.24. The standard InChI is InChI=1S/C29H32F2O/c1-3-32-29-27(30)18-26(19-28(29)31)25-15-13-24(14-16-25)23-11-9-21(10-12-23)17-20(2)22-7-5-4-6-8-22/h4-8,13-16,18-21,23H,3,9-12,17H2,1-2H3. The molecule has 0 N–H and O–H groups in total. The van der Waals surface area contributed by atoms with Gasteiger partial charge in [0.05, 0.1) is 6.61 Å². The molecule has 0 heterocycles. The van der Waals surface area contributed by atoms with E-state index in [0.29, 0.717) is 17.4 Å². The smallest absolute Gasteiger partial charge is 0.190 e. The molecule has 0 amide bonds. The Hall–Kier alpha value is -2.68. The van der Waals surface area contributed by atoms with Crippen LogP contribution in [0.25, 0.3) is 11.1 Å². The van der Waals surface area contributed by atoms with Gasteiger partial charge in [-0.05, 0) is 91.2 Å². The Labute approximate surface area is 190 Å². The summed E-state index contributed by atoms with van der Waals surface area (Å²) in [6.07, 6.45) is 6.19. The number of hydrogen-bond acceptors (Lipinski definition) is 1. The van der Waals surface area contributed by atoms with Crippen LogP contribution >= 0.6 is 0 Å². The topological polar surface area (TPSA) is 9.23 Å². The van der Waals surface area contributed by atoms with Crippen LogP contribution in [0.5, 0.6) is 5.75 Å². The molecule has 0 aromatic heterocycles. The first kappa shape index (κ1) is 22.5. The first-order valence-electron chi connectivity index (χ1n) is 11.8. The van der Waals surface area contributed by atoms with Gasteiger partial charge in [0.1, 0.15) is 0 Å². The fourth-order valence-electron chi connectivity index (χ4n) is 5.11. The first-order chi connectivity index (χ1) is 15.5. The molecule has 1 nitrogen and oxygen atoms in total. The molecule has 0 bridgehead atoms. The van der Waals surface area contributed by atoms with Crippen LogP contribution in [-0.2, 0) is 0 Å². The third-order valence-corrected chi connectivity index (χ3v) is 6.90. The predicted molar refractivity (Wildman–Crippen MR) is 127 cm³/mol. The van der Waals surface area contributed by atoms with Crippen molar-refractivity contribution < 1.29 is 13.5 Å². The summed E-state index contributed by atoms with van der Waals surface area (Å²) in [5, 5.41) is 0. The number of halogens is 2. The summed E-state index contributed by atoms with van der Waals surface area (Å²) in [5.74, 6) is 0.345. The van der Waals surface area contributed by atoms with Gasteiger partial charge in [-0.25, -0.2) is 8.78 Å². The van der Waals surface area contributed by atoms with E-state index in [2.05, 4.69) is 49.4 Å². The number of hydrogen-bond donors (Lipinski definition) is 0. The summed E-state index contributed by atoms with van der Waals surface area (Å²) in [4.78, 5) is 0. The molecule has 0 saturated heterocycles. The molecule has 3 aromatic carbocycles. The van der Waals surface area contributed by atoms with Crippen molar-refractivity contribution in [1.82, 2.24) is 0 Å². The van der Waals surface area contributed by atoms with Crippen molar-refractivity contribution in [2.75, 3.05) is 6.61 Å². The molecule has 1 unspecified atom stereocenters. The third-order valence-electron chi connectivity index (χ3n) is 6.90. The maximum Gasteiger partial charge on any atom is 0.190 e. The monoisotopic (exact) mass is 434 g/mol. The van der Waals surface area contributed by atoms with Gasteiger partial charge in [-0.15, -0.1) is 0 Å². The molecule has 1 saturated carbocycles. The molecule has 1 aliphatic carbocycles. The lowest BCUT2D eigenvalue weighted by Crippen LogP contribution is -2.15. The van der Waals surface area contributed by atoms with Gasteiger partial charge in [0, 0.05) is 0 Å². The van der Waals surface area contributed by atoms with Crippen LogP contribution < -0.4 is 4.74 Å². The second-order valence-electron chi connectivity index (χ2n) is 9.09. The number of ether oxygens (including phenoxy) is 1. The Morgan fingerprint density at radius 2 is 1.47 bits per heavy atom. The molecule has 0 aliphatic heterocycles. The molecule has 3 aromatic rings. The zero-order valence-corrected chi connectivity index (χ0v) is 19.0. The van der Waals surface area contributed by atoms with Gasteiger partial charge < -0.3 is 4.74 Å². The Morgan fingerprint density at radius 1 is 0.844 bits per heavy atom. The maximum absolute atomic E-state index is 14.2. The van der Waals surface area contributed by atoms with Gasteiger partial charge in [-0.3, -0.25) is 0 Å². The zero-order chi connectivity index (χ0) is 22.5. The second-order valence-corrected chi connectivity index (χ2v) is 9.09. The highest BCUT2D eigenvalue weighted by atomic mass is 19.1. The van der Waals surface area contributed by atoms with Crippen LogP contribution in [0.3, 0.4) is 0 Å². The van der Waals surface area contributed by atoms with Crippen molar-refractivity contribution in [3.8, 4) is 16.9 Å². The molecule has 3 heteroatoms. The van der Waals surface area contributed by atoms with Gasteiger partial charge in [-0.1, -0.05) is 61.5 Å². The molecule has 168 valence electrons. The highest BCUT2D eigenvalue weighted by Gasteiger charge is 2.24. The van der Waals surface area contributed by atoms with Crippen LogP contribution in [0.15, 0.2) is 66.7 Å². The second kappa shape index (κ2) is 10.3. The van der Waals surface area contributed by atoms with E-state index in [1.54, 1.807) is 6.92 Å². The predicted octanol–water partition coefficient (Wildman–Crippen LogP) is 8.50. The van der Waals surface area contributed by atoms with E-state index in [4.69, 9.17) is 4.74 Å². The Bertz CT molecular complexity index is 982. The van der Waals surface area contributed by atoms with Crippen molar-refractivity contribution >= 4 is 0 Å². The van der Waals surface area contributed by atoms with Crippen molar-refractivity contribution in [3.05, 3.63) is 89.5 Å². The molecule has 4 rings (SSSR count). The van der Waals surface area contributed by atoms with Crippen LogP contribution in [0, 0.1) is 17.6 Å². The van der Waals surface area contributed by atoms with E-state index >= 15 is 0 Å². The van der Waals surface area contributed by atoms with E-state index in [1.807, 2.05) is 12.1 Å². The molecule has 1 fully saturated rings. The summed E-state index contributed by atoms with van der Waals surface area (Å²) in [5.41, 5.74) is 4.12. The lowest BCUT2D eigenvalue weighted by molar-refractivity contribution is 0.297. The van der Waals surface area contributed by atoms with Crippen LogP contribution in [0.2, 0.25) is 0 Å². The largest absolute Gasteiger partial charge is 0.488 e. The summed E-state index contributed by atoms with van der Waals surface area (Å²) in [6.45, 7) is 4.28. The molecule has 0 radical (unpaired) electrons. The average molecular weight is 435 g/mol. The Balaban J connectivity index is 1.36. The quantitative estimate of drug-likeness (QED) is 0.362. The van der Waals surface area contributed by atoms with Crippen molar-refractivity contribution in [2.45, 2.75) is 57.8 Å². The SMILES string of the molecule is CCOc1c(F)cc(-c2ccc(C3CCC(CC(C)c4ccccc4)CC3)cc2)cc1F. The molecule has 1 aliphatic rings. The van der Waals surface area contributed by atoms with Gasteiger partial charge in [0.15, 0.2) is 17.4 Å². The van der Waals surface area contributed by atoms with Gasteiger partial charge in [0.25, 0.3) is 0 Å². The van der Waals surface area contributed by atoms with Crippen LogP contribution in [0.1, 0.15) is 68.9 Å². The summed E-state index contributed by atoms with van der Waals surface area (Å²) in [7, 11) is 0. The van der Waals surface area contributed by atoms with Crippen molar-refractivity contribution in [3.63, 3.8) is 0 Å². The normalized spacial score (nSPS) is 19.5. The first-order valence-corrected chi connectivity index (χ1v) is 11.8. The van der Waals surface area contributed by atoms with E-state index in [0.717, 1.165) is 11.5 Å². The van der Waals surface area contributed by atoms with Crippen molar-refractivity contribution in [1.29, 1.82) is 0 Å². The zero-order valence-electron chi connectivity index (χ0n) is 19.0. The highest BCUT2D eigenvalue weighted by molar-refractivity contribution is 5.65. The molecule has 32 heavy (non-hydrogen) atoms. The lowest BCUT2D eigenvalue weighted by Gasteiger charge is -2.30. The molecule has 1 atom stereocenters. The third kappa shape index (κ3) is 5.20. The fourth-order valence-corrected chi connectivity index (χ4v) is 5.11. The highest BCUT2D eigenvalue weighted by Crippen LogP contribution is 2.40. The fraction of sp³-hybridized carbons (Fsp3) is 0.379. The Morgan fingerprint density at radius 3 is 2.06 bits per heavy atom. The van der Waals surface area contributed by atoms with Gasteiger partial charge in [0.2, 0.25) is 0 Å².